The van der Waals surface area contributed by atoms with Crippen LogP contribution in [0.4, 0.5) is 5.69 Å². The Kier molecular flexibility index (Phi) is 2.79. The van der Waals surface area contributed by atoms with Gasteiger partial charge in [-0.25, -0.2) is 4.98 Å². The molecule has 0 saturated heterocycles. The van der Waals surface area contributed by atoms with Crippen molar-refractivity contribution in [2.24, 2.45) is 0 Å². The van der Waals surface area contributed by atoms with E-state index in [0.717, 1.165) is 27.8 Å². The molecule has 19 heavy (non-hydrogen) atoms. The Morgan fingerprint density at radius 1 is 1.26 bits per heavy atom. The Bertz CT molecular complexity index is 709. The van der Waals surface area contributed by atoms with Crippen LogP contribution in [-0.2, 0) is 0 Å². The third kappa shape index (κ3) is 2.10. The van der Waals surface area contributed by atoms with Crippen molar-refractivity contribution >= 4 is 17.0 Å². The highest BCUT2D eigenvalue weighted by Gasteiger charge is 2.13. The molecule has 0 radical (unpaired) electrons. The van der Waals surface area contributed by atoms with E-state index in [2.05, 4.69) is 15.3 Å². The molecule has 2 heterocycles. The third-order valence-electron chi connectivity index (χ3n) is 2.93. The zero-order valence-electron chi connectivity index (χ0n) is 10.7. The van der Waals surface area contributed by atoms with Gasteiger partial charge in [0.15, 0.2) is 0 Å². The molecule has 0 unspecified atom stereocenters. The number of thiazole rings is 1. The van der Waals surface area contributed by atoms with Gasteiger partial charge in [0, 0.05) is 16.1 Å². The lowest BCUT2D eigenvalue weighted by molar-refractivity contribution is 0.799. The SMILES string of the molecule is Cc1nc(-n2nncc2-c2cccc(N)c2)sc1C. The molecular weight excluding hydrogens is 258 g/mol. The summed E-state index contributed by atoms with van der Waals surface area (Å²) in [4.78, 5) is 5.69. The first-order valence-electron chi connectivity index (χ1n) is 5.86. The smallest absolute Gasteiger partial charge is 0.212 e. The predicted octanol–water partition coefficient (Wildman–Crippen LogP) is 2.59. The molecule has 0 aliphatic carbocycles. The van der Waals surface area contributed by atoms with Gasteiger partial charge >= 0.3 is 0 Å². The first-order valence-corrected chi connectivity index (χ1v) is 6.68. The van der Waals surface area contributed by atoms with Crippen LogP contribution in [0.3, 0.4) is 0 Å². The number of aromatic nitrogens is 4. The van der Waals surface area contributed by atoms with Gasteiger partial charge in [-0.3, -0.25) is 0 Å². The maximum atomic E-state index is 5.82. The minimum absolute atomic E-state index is 0.719. The largest absolute Gasteiger partial charge is 0.399 e. The summed E-state index contributed by atoms with van der Waals surface area (Å²) in [5.41, 5.74) is 9.43. The second-order valence-electron chi connectivity index (χ2n) is 4.29. The minimum Gasteiger partial charge on any atom is -0.399 e. The van der Waals surface area contributed by atoms with E-state index < -0.39 is 0 Å². The quantitative estimate of drug-likeness (QED) is 0.727. The van der Waals surface area contributed by atoms with E-state index >= 15 is 0 Å². The van der Waals surface area contributed by atoms with Crippen molar-refractivity contribution < 1.29 is 0 Å². The maximum Gasteiger partial charge on any atom is 0.212 e. The van der Waals surface area contributed by atoms with Gasteiger partial charge in [0.1, 0.15) is 0 Å². The molecule has 96 valence electrons. The molecule has 1 aromatic carbocycles. The van der Waals surface area contributed by atoms with E-state index in [1.807, 2.05) is 38.1 Å². The van der Waals surface area contributed by atoms with E-state index in [4.69, 9.17) is 5.73 Å². The van der Waals surface area contributed by atoms with Gasteiger partial charge in [-0.1, -0.05) is 28.7 Å². The standard InChI is InChI=1S/C13H13N5S/c1-8-9(2)19-13(16-8)18-12(7-15-17-18)10-4-3-5-11(14)6-10/h3-7H,14H2,1-2H3. The Morgan fingerprint density at radius 3 is 2.79 bits per heavy atom. The summed E-state index contributed by atoms with van der Waals surface area (Å²) in [6, 6.07) is 7.66. The van der Waals surface area contributed by atoms with Gasteiger partial charge in [-0.2, -0.15) is 4.68 Å². The molecule has 2 N–H and O–H groups in total. The number of hydrogen-bond donors (Lipinski definition) is 1. The summed E-state index contributed by atoms with van der Waals surface area (Å²) >= 11 is 1.60. The third-order valence-corrected chi connectivity index (χ3v) is 3.98. The first kappa shape index (κ1) is 11.9. The number of nitrogen functional groups attached to an aromatic ring is 1. The van der Waals surface area contributed by atoms with Crippen LogP contribution in [0.2, 0.25) is 0 Å². The Labute approximate surface area is 114 Å². The summed E-state index contributed by atoms with van der Waals surface area (Å²) < 4.78 is 1.75. The molecule has 0 saturated carbocycles. The average Bonchev–Trinajstić information content (AvgIpc) is 2.97. The molecule has 3 aromatic rings. The van der Waals surface area contributed by atoms with Crippen LogP contribution in [0.25, 0.3) is 16.4 Å². The van der Waals surface area contributed by atoms with Crippen LogP contribution < -0.4 is 5.73 Å². The lowest BCUT2D eigenvalue weighted by Gasteiger charge is -2.03. The van der Waals surface area contributed by atoms with Gasteiger partial charge in [-0.15, -0.1) is 5.10 Å². The van der Waals surface area contributed by atoms with Gasteiger partial charge in [0.2, 0.25) is 5.13 Å². The second-order valence-corrected chi connectivity index (χ2v) is 5.48. The van der Waals surface area contributed by atoms with Crippen LogP contribution in [-0.4, -0.2) is 20.0 Å². The van der Waals surface area contributed by atoms with E-state index in [1.54, 1.807) is 22.2 Å². The Morgan fingerprint density at radius 2 is 2.11 bits per heavy atom. The maximum absolute atomic E-state index is 5.82. The zero-order valence-corrected chi connectivity index (χ0v) is 11.5. The van der Waals surface area contributed by atoms with Crippen LogP contribution in [0.15, 0.2) is 30.5 Å². The molecule has 2 aromatic heterocycles. The fraction of sp³-hybridized carbons (Fsp3) is 0.154. The normalized spacial score (nSPS) is 10.8. The summed E-state index contributed by atoms with van der Waals surface area (Å²) in [5.74, 6) is 0. The molecule has 6 heteroatoms. The van der Waals surface area contributed by atoms with Crippen molar-refractivity contribution in [3.8, 4) is 16.4 Å². The van der Waals surface area contributed by atoms with Gasteiger partial charge in [0.05, 0.1) is 17.6 Å². The number of nitrogens with two attached hydrogens (primary N) is 1. The molecule has 5 nitrogen and oxygen atoms in total. The summed E-state index contributed by atoms with van der Waals surface area (Å²) in [5, 5.41) is 8.93. The lowest BCUT2D eigenvalue weighted by Crippen LogP contribution is -1.99. The topological polar surface area (TPSA) is 69.6 Å². The average molecular weight is 271 g/mol. The highest BCUT2D eigenvalue weighted by molar-refractivity contribution is 7.14. The number of rotatable bonds is 2. The van der Waals surface area contributed by atoms with Gasteiger partial charge in [-0.05, 0) is 26.0 Å². The number of hydrogen-bond acceptors (Lipinski definition) is 5. The van der Waals surface area contributed by atoms with E-state index in [-0.39, 0.29) is 0 Å². The van der Waals surface area contributed by atoms with Crippen molar-refractivity contribution in [2.45, 2.75) is 13.8 Å². The van der Waals surface area contributed by atoms with E-state index in [1.165, 1.54) is 4.88 Å². The molecular formula is C13H13N5S. The fourth-order valence-corrected chi connectivity index (χ4v) is 2.69. The van der Waals surface area contributed by atoms with Crippen molar-refractivity contribution in [1.82, 2.24) is 20.0 Å². The lowest BCUT2D eigenvalue weighted by atomic mass is 10.1. The Balaban J connectivity index is 2.13. The van der Waals surface area contributed by atoms with E-state index in [9.17, 15) is 0 Å². The molecule has 3 rings (SSSR count). The molecule has 0 amide bonds. The van der Waals surface area contributed by atoms with Gasteiger partial charge < -0.3 is 5.73 Å². The molecule has 0 bridgehead atoms. The number of benzene rings is 1. The minimum atomic E-state index is 0.719. The Hall–Kier alpha value is -2.21. The summed E-state index contributed by atoms with van der Waals surface area (Å²) in [7, 11) is 0. The van der Waals surface area contributed by atoms with Crippen LogP contribution >= 0.6 is 11.3 Å². The van der Waals surface area contributed by atoms with Crippen LogP contribution in [0.5, 0.6) is 0 Å². The van der Waals surface area contributed by atoms with Crippen molar-refractivity contribution in [3.05, 3.63) is 41.0 Å². The molecule has 0 aliphatic heterocycles. The van der Waals surface area contributed by atoms with Crippen LogP contribution in [0, 0.1) is 13.8 Å². The summed E-state index contributed by atoms with van der Waals surface area (Å²) in [6.07, 6.45) is 1.72. The number of aryl methyl sites for hydroxylation is 2. The fourth-order valence-electron chi connectivity index (χ4n) is 1.82. The molecule has 0 fully saturated rings. The molecule has 0 spiro atoms. The van der Waals surface area contributed by atoms with Crippen molar-refractivity contribution in [1.29, 1.82) is 0 Å². The highest BCUT2D eigenvalue weighted by atomic mass is 32.1. The number of anilines is 1. The number of nitrogens with zero attached hydrogens (tertiary/aromatic N) is 4. The molecule has 0 atom stereocenters. The van der Waals surface area contributed by atoms with Crippen molar-refractivity contribution in [3.63, 3.8) is 0 Å². The predicted molar refractivity (Wildman–Crippen MR) is 76.4 cm³/mol. The van der Waals surface area contributed by atoms with E-state index in [0.29, 0.717) is 0 Å². The second kappa shape index (κ2) is 4.47. The monoisotopic (exact) mass is 271 g/mol. The van der Waals surface area contributed by atoms with Crippen molar-refractivity contribution in [2.75, 3.05) is 5.73 Å². The first-order chi connectivity index (χ1) is 9.15. The van der Waals surface area contributed by atoms with Crippen LogP contribution in [0.1, 0.15) is 10.6 Å². The zero-order chi connectivity index (χ0) is 13.4. The van der Waals surface area contributed by atoms with Gasteiger partial charge in [0.25, 0.3) is 0 Å². The molecule has 0 aliphatic rings. The summed E-state index contributed by atoms with van der Waals surface area (Å²) in [6.45, 7) is 4.04. The highest BCUT2D eigenvalue weighted by Crippen LogP contribution is 2.26.